The van der Waals surface area contributed by atoms with Gasteiger partial charge in [0.25, 0.3) is 5.90 Å². The zero-order chi connectivity index (χ0) is 9.84. The summed E-state index contributed by atoms with van der Waals surface area (Å²) in [6.07, 6.45) is 1.40. The van der Waals surface area contributed by atoms with Crippen molar-refractivity contribution in [1.82, 2.24) is 0 Å². The number of ether oxygens (including phenoxy) is 1. The zero-order valence-electron chi connectivity index (χ0n) is 8.54. The number of carbonyl (C=O) groups excluding carboxylic acids is 1. The lowest BCUT2D eigenvalue weighted by molar-refractivity contribution is -0.114. The van der Waals surface area contributed by atoms with Crippen LogP contribution in [0.1, 0.15) is 33.6 Å². The van der Waals surface area contributed by atoms with E-state index in [9.17, 15) is 4.79 Å². The van der Waals surface area contributed by atoms with Crippen molar-refractivity contribution in [3.63, 3.8) is 0 Å². The first-order valence-electron chi connectivity index (χ1n) is 4.89. The summed E-state index contributed by atoms with van der Waals surface area (Å²) in [5, 5.41) is 0. The number of Topliss-reactive ketones (excluding diaryl/α,β-unsaturated/α-hetero) is 1. The highest BCUT2D eigenvalue weighted by Crippen LogP contribution is 2.14. The Bertz CT molecular complexity index is 221. The number of hydrogen-bond donors (Lipinski definition) is 0. The molecule has 1 atom stereocenters. The molecule has 0 aromatic rings. The smallest absolute Gasteiger partial charge is 0.253 e. The van der Waals surface area contributed by atoms with E-state index < -0.39 is 0 Å². The molecule has 0 spiro atoms. The van der Waals surface area contributed by atoms with E-state index in [0.29, 0.717) is 24.8 Å². The van der Waals surface area contributed by atoms with Crippen LogP contribution in [0.4, 0.5) is 0 Å². The second-order valence-electron chi connectivity index (χ2n) is 3.73. The highest BCUT2D eigenvalue weighted by molar-refractivity contribution is 6.36. The Morgan fingerprint density at radius 1 is 1.69 bits per heavy atom. The minimum atomic E-state index is 0.0469. The average molecular weight is 183 g/mol. The molecule has 0 aromatic carbocycles. The monoisotopic (exact) mass is 183 g/mol. The summed E-state index contributed by atoms with van der Waals surface area (Å²) in [4.78, 5) is 15.6. The van der Waals surface area contributed by atoms with Crippen molar-refractivity contribution in [2.45, 2.75) is 39.7 Å². The van der Waals surface area contributed by atoms with Gasteiger partial charge in [-0.25, -0.2) is 4.99 Å². The standard InChI is InChI=1S/C10H17NO2/c1-4-5-9(12)10-11-8(6-13-10)7(2)3/h7-8H,4-6H2,1-3H3. The fraction of sp³-hybridized carbons (Fsp3) is 0.800. The largest absolute Gasteiger partial charge is 0.473 e. The maximum atomic E-state index is 11.4. The van der Waals surface area contributed by atoms with Crippen molar-refractivity contribution in [3.05, 3.63) is 0 Å². The van der Waals surface area contributed by atoms with Gasteiger partial charge < -0.3 is 4.74 Å². The Morgan fingerprint density at radius 2 is 2.38 bits per heavy atom. The number of aliphatic imine (C=N–C) groups is 1. The van der Waals surface area contributed by atoms with E-state index in [1.54, 1.807) is 0 Å². The molecule has 0 N–H and O–H groups in total. The Balaban J connectivity index is 2.53. The molecule has 1 rings (SSSR count). The maximum absolute atomic E-state index is 11.4. The van der Waals surface area contributed by atoms with Crippen LogP contribution in [0, 0.1) is 5.92 Å². The van der Waals surface area contributed by atoms with Gasteiger partial charge in [-0.15, -0.1) is 0 Å². The van der Waals surface area contributed by atoms with Gasteiger partial charge in [-0.05, 0) is 12.3 Å². The summed E-state index contributed by atoms with van der Waals surface area (Å²) in [5.41, 5.74) is 0. The molecular formula is C10H17NO2. The molecule has 0 radical (unpaired) electrons. The van der Waals surface area contributed by atoms with Gasteiger partial charge in [0.15, 0.2) is 0 Å². The Kier molecular flexibility index (Phi) is 3.46. The molecule has 3 nitrogen and oxygen atoms in total. The van der Waals surface area contributed by atoms with Crippen LogP contribution in [0.2, 0.25) is 0 Å². The first-order chi connectivity index (χ1) is 6.15. The predicted octanol–water partition coefficient (Wildman–Crippen LogP) is 1.81. The third-order valence-corrected chi connectivity index (χ3v) is 2.16. The minimum absolute atomic E-state index is 0.0469. The van der Waals surface area contributed by atoms with E-state index in [4.69, 9.17) is 4.74 Å². The van der Waals surface area contributed by atoms with Crippen LogP contribution in [-0.4, -0.2) is 24.3 Å². The lowest BCUT2D eigenvalue weighted by Gasteiger charge is -2.06. The van der Waals surface area contributed by atoms with Gasteiger partial charge in [0.05, 0.1) is 6.04 Å². The first-order valence-corrected chi connectivity index (χ1v) is 4.89. The number of hydrogen-bond acceptors (Lipinski definition) is 3. The quantitative estimate of drug-likeness (QED) is 0.666. The molecule has 3 heteroatoms. The van der Waals surface area contributed by atoms with Crippen LogP contribution in [0.3, 0.4) is 0 Å². The number of rotatable bonds is 4. The summed E-state index contributed by atoms with van der Waals surface area (Å²) < 4.78 is 5.24. The van der Waals surface area contributed by atoms with E-state index >= 15 is 0 Å². The van der Waals surface area contributed by atoms with Gasteiger partial charge in [-0.1, -0.05) is 20.8 Å². The van der Waals surface area contributed by atoms with Crippen molar-refractivity contribution in [2.75, 3.05) is 6.61 Å². The van der Waals surface area contributed by atoms with Gasteiger partial charge in [-0.3, -0.25) is 4.79 Å². The molecule has 1 aliphatic rings. The normalized spacial score (nSPS) is 21.5. The number of nitrogens with zero attached hydrogens (tertiary/aromatic N) is 1. The topological polar surface area (TPSA) is 38.7 Å². The van der Waals surface area contributed by atoms with Crippen LogP contribution >= 0.6 is 0 Å². The summed E-state index contributed by atoms with van der Waals surface area (Å²) in [5.74, 6) is 0.845. The minimum Gasteiger partial charge on any atom is -0.473 e. The van der Waals surface area contributed by atoms with E-state index in [1.165, 1.54) is 0 Å². The number of ketones is 1. The van der Waals surface area contributed by atoms with Crippen LogP contribution in [0.15, 0.2) is 4.99 Å². The molecule has 0 amide bonds. The second kappa shape index (κ2) is 4.40. The van der Waals surface area contributed by atoms with Gasteiger partial charge in [0.1, 0.15) is 6.61 Å². The van der Waals surface area contributed by atoms with E-state index in [1.807, 2.05) is 6.92 Å². The molecule has 0 saturated heterocycles. The van der Waals surface area contributed by atoms with Crippen LogP contribution in [-0.2, 0) is 9.53 Å². The van der Waals surface area contributed by atoms with Crippen LogP contribution < -0.4 is 0 Å². The van der Waals surface area contributed by atoms with Crippen LogP contribution in [0.25, 0.3) is 0 Å². The van der Waals surface area contributed by atoms with Gasteiger partial charge in [0, 0.05) is 6.42 Å². The highest BCUT2D eigenvalue weighted by atomic mass is 16.5. The Hall–Kier alpha value is -0.860. The fourth-order valence-corrected chi connectivity index (χ4v) is 1.22. The maximum Gasteiger partial charge on any atom is 0.253 e. The summed E-state index contributed by atoms with van der Waals surface area (Å²) in [6, 6.07) is 0.177. The third-order valence-electron chi connectivity index (χ3n) is 2.16. The summed E-state index contributed by atoms with van der Waals surface area (Å²) in [6.45, 7) is 6.73. The number of carbonyl (C=O) groups is 1. The third kappa shape index (κ3) is 2.54. The van der Waals surface area contributed by atoms with Crippen molar-refractivity contribution >= 4 is 11.7 Å². The molecule has 0 aliphatic carbocycles. The fourth-order valence-electron chi connectivity index (χ4n) is 1.22. The summed E-state index contributed by atoms with van der Waals surface area (Å²) >= 11 is 0. The van der Waals surface area contributed by atoms with Crippen LogP contribution in [0.5, 0.6) is 0 Å². The van der Waals surface area contributed by atoms with Crippen molar-refractivity contribution in [3.8, 4) is 0 Å². The lowest BCUT2D eigenvalue weighted by Crippen LogP contribution is -2.14. The highest BCUT2D eigenvalue weighted by Gasteiger charge is 2.25. The van der Waals surface area contributed by atoms with Crippen molar-refractivity contribution < 1.29 is 9.53 Å². The van der Waals surface area contributed by atoms with E-state index in [2.05, 4.69) is 18.8 Å². The second-order valence-corrected chi connectivity index (χ2v) is 3.73. The molecule has 13 heavy (non-hydrogen) atoms. The molecule has 74 valence electrons. The van der Waals surface area contributed by atoms with E-state index in [0.717, 1.165) is 6.42 Å². The molecule has 0 bridgehead atoms. The summed E-state index contributed by atoms with van der Waals surface area (Å²) in [7, 11) is 0. The predicted molar refractivity (Wildman–Crippen MR) is 51.9 cm³/mol. The lowest BCUT2D eigenvalue weighted by atomic mass is 10.1. The van der Waals surface area contributed by atoms with Crippen molar-refractivity contribution in [2.24, 2.45) is 10.9 Å². The zero-order valence-corrected chi connectivity index (χ0v) is 8.54. The van der Waals surface area contributed by atoms with Gasteiger partial charge >= 0.3 is 0 Å². The average Bonchev–Trinajstić information content (AvgIpc) is 2.52. The molecule has 1 heterocycles. The van der Waals surface area contributed by atoms with Gasteiger partial charge in [-0.2, -0.15) is 0 Å². The molecule has 1 aliphatic heterocycles. The van der Waals surface area contributed by atoms with Crippen molar-refractivity contribution in [1.29, 1.82) is 0 Å². The molecule has 0 aromatic heterocycles. The van der Waals surface area contributed by atoms with E-state index in [-0.39, 0.29) is 11.8 Å². The Morgan fingerprint density at radius 3 is 2.85 bits per heavy atom. The molecule has 1 unspecified atom stereocenters. The molecule has 0 saturated carbocycles. The Labute approximate surface area is 79.2 Å². The first kappa shape index (κ1) is 10.2. The molecular weight excluding hydrogens is 166 g/mol. The SMILES string of the molecule is CCCC(=O)C1=NC(C(C)C)CO1. The molecule has 0 fully saturated rings. The van der Waals surface area contributed by atoms with Gasteiger partial charge in [0.2, 0.25) is 5.78 Å².